The number of aromatic nitrogens is 2. The van der Waals surface area contributed by atoms with Crippen LogP contribution < -0.4 is 5.32 Å². The topological polar surface area (TPSA) is 29.9 Å². The van der Waals surface area contributed by atoms with Gasteiger partial charge in [0.25, 0.3) is 6.43 Å². The van der Waals surface area contributed by atoms with Crippen molar-refractivity contribution in [2.75, 3.05) is 5.32 Å². The maximum atomic E-state index is 12.1. The summed E-state index contributed by atoms with van der Waals surface area (Å²) in [5, 5.41) is 7.22. The smallest absolute Gasteiger partial charge is 0.257 e. The fourth-order valence-corrected chi connectivity index (χ4v) is 1.52. The number of hydrogen-bond acceptors (Lipinski definition) is 2. The van der Waals surface area contributed by atoms with Crippen LogP contribution in [-0.2, 0) is 6.54 Å². The molecule has 0 fully saturated rings. The van der Waals surface area contributed by atoms with Gasteiger partial charge >= 0.3 is 0 Å². The summed E-state index contributed by atoms with van der Waals surface area (Å²) in [7, 11) is 0. The summed E-state index contributed by atoms with van der Waals surface area (Å²) >= 11 is 0. The Hall–Kier alpha value is -1.13. The Labute approximate surface area is 94.8 Å². The quantitative estimate of drug-likeness (QED) is 0.781. The molecule has 1 N–H and O–H groups in total. The van der Waals surface area contributed by atoms with E-state index >= 15 is 0 Å². The van der Waals surface area contributed by atoms with Crippen molar-refractivity contribution in [1.82, 2.24) is 9.78 Å². The molecule has 3 nitrogen and oxygen atoms in total. The fourth-order valence-electron chi connectivity index (χ4n) is 1.52. The third-order valence-corrected chi connectivity index (χ3v) is 2.35. The van der Waals surface area contributed by atoms with E-state index < -0.39 is 6.43 Å². The molecule has 0 aliphatic rings. The molecule has 0 amide bonds. The van der Waals surface area contributed by atoms with Crippen LogP contribution in [0.4, 0.5) is 14.6 Å². The van der Waals surface area contributed by atoms with Crippen molar-refractivity contribution in [3.63, 3.8) is 0 Å². The van der Waals surface area contributed by atoms with Crippen molar-refractivity contribution >= 4 is 5.82 Å². The van der Waals surface area contributed by atoms with E-state index in [1.54, 1.807) is 12.3 Å². The predicted octanol–water partition coefficient (Wildman–Crippen LogP) is 3.14. The summed E-state index contributed by atoms with van der Waals surface area (Å²) < 4.78 is 25.4. The SMILES string of the molecule is CCCCC(C)Nc1ccn(CC(F)F)n1. The van der Waals surface area contributed by atoms with Gasteiger partial charge in [-0.15, -0.1) is 0 Å². The van der Waals surface area contributed by atoms with Crippen LogP contribution in [-0.4, -0.2) is 22.2 Å². The second-order valence-corrected chi connectivity index (χ2v) is 4.00. The third kappa shape index (κ3) is 4.59. The molecule has 1 unspecified atom stereocenters. The van der Waals surface area contributed by atoms with E-state index in [0.29, 0.717) is 11.9 Å². The van der Waals surface area contributed by atoms with Gasteiger partial charge in [-0.3, -0.25) is 4.68 Å². The van der Waals surface area contributed by atoms with E-state index in [9.17, 15) is 8.78 Å². The minimum Gasteiger partial charge on any atom is -0.366 e. The van der Waals surface area contributed by atoms with Gasteiger partial charge in [-0.25, -0.2) is 8.78 Å². The van der Waals surface area contributed by atoms with Gasteiger partial charge in [0, 0.05) is 18.3 Å². The van der Waals surface area contributed by atoms with Gasteiger partial charge in [-0.05, 0) is 13.3 Å². The molecule has 0 saturated heterocycles. The molecule has 5 heteroatoms. The van der Waals surface area contributed by atoms with E-state index in [2.05, 4.69) is 24.3 Å². The molecule has 1 rings (SSSR count). The zero-order chi connectivity index (χ0) is 12.0. The Balaban J connectivity index is 2.39. The molecule has 0 radical (unpaired) electrons. The lowest BCUT2D eigenvalue weighted by molar-refractivity contribution is 0.122. The van der Waals surface area contributed by atoms with Crippen LogP contribution in [0.3, 0.4) is 0 Å². The molecule has 1 aromatic rings. The highest BCUT2D eigenvalue weighted by Gasteiger charge is 2.07. The number of rotatable bonds is 7. The van der Waals surface area contributed by atoms with E-state index in [0.717, 1.165) is 19.3 Å². The van der Waals surface area contributed by atoms with Gasteiger partial charge < -0.3 is 5.32 Å². The molecule has 0 aliphatic carbocycles. The zero-order valence-corrected chi connectivity index (χ0v) is 9.79. The highest BCUT2D eigenvalue weighted by Crippen LogP contribution is 2.09. The summed E-state index contributed by atoms with van der Waals surface area (Å²) in [6, 6.07) is 2.06. The number of hydrogen-bond donors (Lipinski definition) is 1. The monoisotopic (exact) mass is 231 g/mol. The van der Waals surface area contributed by atoms with Crippen molar-refractivity contribution < 1.29 is 8.78 Å². The maximum Gasteiger partial charge on any atom is 0.257 e. The molecule has 1 aromatic heterocycles. The first-order valence-electron chi connectivity index (χ1n) is 5.70. The van der Waals surface area contributed by atoms with Crippen LogP contribution >= 0.6 is 0 Å². The van der Waals surface area contributed by atoms with Crippen molar-refractivity contribution in [3.05, 3.63) is 12.3 Å². The molecule has 1 heterocycles. The summed E-state index contributed by atoms with van der Waals surface area (Å²) in [6.07, 6.45) is 2.60. The maximum absolute atomic E-state index is 12.1. The van der Waals surface area contributed by atoms with E-state index in [1.807, 2.05) is 0 Å². The minimum atomic E-state index is -2.36. The van der Waals surface area contributed by atoms with Crippen LogP contribution in [0.25, 0.3) is 0 Å². The Morgan fingerprint density at radius 1 is 1.50 bits per heavy atom. The second kappa shape index (κ2) is 6.45. The Bertz CT molecular complexity index is 299. The molecule has 0 aromatic carbocycles. The number of unbranched alkanes of at least 4 members (excludes halogenated alkanes) is 1. The number of nitrogens with one attached hydrogen (secondary N) is 1. The van der Waals surface area contributed by atoms with Gasteiger partial charge in [0.2, 0.25) is 0 Å². The van der Waals surface area contributed by atoms with E-state index in [4.69, 9.17) is 0 Å². The molecule has 0 saturated carbocycles. The minimum absolute atomic E-state index is 0.329. The second-order valence-electron chi connectivity index (χ2n) is 4.00. The molecular weight excluding hydrogens is 212 g/mol. The average Bonchev–Trinajstić information content (AvgIpc) is 2.61. The predicted molar refractivity (Wildman–Crippen MR) is 60.8 cm³/mol. The van der Waals surface area contributed by atoms with Crippen molar-refractivity contribution in [2.24, 2.45) is 0 Å². The van der Waals surface area contributed by atoms with Crippen molar-refractivity contribution in [2.45, 2.75) is 52.1 Å². The van der Waals surface area contributed by atoms with Crippen LogP contribution in [0, 0.1) is 0 Å². The molecule has 1 atom stereocenters. The number of alkyl halides is 2. The molecule has 0 spiro atoms. The van der Waals surface area contributed by atoms with Crippen LogP contribution in [0.15, 0.2) is 12.3 Å². The molecular formula is C11H19F2N3. The van der Waals surface area contributed by atoms with E-state index in [1.165, 1.54) is 4.68 Å². The lowest BCUT2D eigenvalue weighted by Gasteiger charge is -2.11. The first kappa shape index (κ1) is 12.9. The Morgan fingerprint density at radius 2 is 2.25 bits per heavy atom. The standard InChI is InChI=1S/C11H19F2N3/c1-3-4-5-9(2)14-11-6-7-16(15-11)8-10(12)13/h6-7,9-10H,3-5,8H2,1-2H3,(H,14,15). The van der Waals surface area contributed by atoms with Gasteiger partial charge in [-0.2, -0.15) is 5.10 Å². The first-order valence-corrected chi connectivity index (χ1v) is 5.70. The van der Waals surface area contributed by atoms with Gasteiger partial charge in [0.1, 0.15) is 12.4 Å². The number of anilines is 1. The third-order valence-electron chi connectivity index (χ3n) is 2.35. The number of nitrogens with zero attached hydrogens (tertiary/aromatic N) is 2. The van der Waals surface area contributed by atoms with Crippen molar-refractivity contribution in [3.8, 4) is 0 Å². The summed E-state index contributed by atoms with van der Waals surface area (Å²) in [4.78, 5) is 0. The highest BCUT2D eigenvalue weighted by atomic mass is 19.3. The summed E-state index contributed by atoms with van der Waals surface area (Å²) in [5.74, 6) is 0.671. The zero-order valence-electron chi connectivity index (χ0n) is 9.79. The van der Waals surface area contributed by atoms with Crippen LogP contribution in [0.1, 0.15) is 33.1 Å². The van der Waals surface area contributed by atoms with Crippen molar-refractivity contribution in [1.29, 1.82) is 0 Å². The van der Waals surface area contributed by atoms with Crippen LogP contribution in [0.5, 0.6) is 0 Å². The number of halogens is 2. The average molecular weight is 231 g/mol. The highest BCUT2D eigenvalue weighted by molar-refractivity contribution is 5.33. The van der Waals surface area contributed by atoms with Crippen LogP contribution in [0.2, 0.25) is 0 Å². The largest absolute Gasteiger partial charge is 0.366 e. The molecule has 0 aliphatic heterocycles. The van der Waals surface area contributed by atoms with Gasteiger partial charge in [0.05, 0.1) is 0 Å². The lowest BCUT2D eigenvalue weighted by Crippen LogP contribution is -2.15. The van der Waals surface area contributed by atoms with E-state index in [-0.39, 0.29) is 6.54 Å². The fraction of sp³-hybridized carbons (Fsp3) is 0.727. The first-order chi connectivity index (χ1) is 7.61. The van der Waals surface area contributed by atoms with Gasteiger partial charge in [0.15, 0.2) is 0 Å². The Kier molecular flexibility index (Phi) is 5.22. The summed E-state index contributed by atoms with van der Waals surface area (Å²) in [6.45, 7) is 3.87. The van der Waals surface area contributed by atoms with Gasteiger partial charge in [-0.1, -0.05) is 19.8 Å². The molecule has 0 bridgehead atoms. The normalized spacial score (nSPS) is 13.1. The summed E-state index contributed by atoms with van der Waals surface area (Å²) in [5.41, 5.74) is 0. The Morgan fingerprint density at radius 3 is 2.88 bits per heavy atom. The molecule has 16 heavy (non-hydrogen) atoms. The lowest BCUT2D eigenvalue weighted by atomic mass is 10.1. The molecule has 92 valence electrons.